The van der Waals surface area contributed by atoms with Gasteiger partial charge in [0.15, 0.2) is 0 Å². The molecule has 0 radical (unpaired) electrons. The van der Waals surface area contributed by atoms with Crippen molar-refractivity contribution in [3.05, 3.63) is 93.5 Å². The minimum atomic E-state index is -0.128. The molecule has 4 aromatic carbocycles. The van der Waals surface area contributed by atoms with Crippen LogP contribution in [0, 0.1) is 0 Å². The highest BCUT2D eigenvalue weighted by molar-refractivity contribution is 6.27. The molecule has 0 unspecified atom stereocenters. The summed E-state index contributed by atoms with van der Waals surface area (Å²) in [7, 11) is 0. The molecule has 0 amide bonds. The summed E-state index contributed by atoms with van der Waals surface area (Å²) in [5.74, 6) is 0. The van der Waals surface area contributed by atoms with Crippen LogP contribution in [0.5, 0.6) is 0 Å². The molecule has 0 aliphatic carbocycles. The smallest absolute Gasteiger partial charge is 0.264 e. The molecule has 8 aromatic rings. The summed E-state index contributed by atoms with van der Waals surface area (Å²) in [4.78, 5) is 36.7. The van der Waals surface area contributed by atoms with Crippen molar-refractivity contribution in [3.8, 4) is 0 Å². The number of rotatable bonds is 0. The standard InChI is InChI=1S/C26H12N4O2.4C2H6/c31-25-15-11-12-16-22-14(24-28-18-6-2-4-8-20(18)30(24)26(16)32)10-9-13(21(15)22)23-27-17-5-1-3-7-19(17)29(23)25;4*1-2/h1-12H;4*1-2H3. The Balaban J connectivity index is 0.000000428. The Bertz CT molecular complexity index is 2040. The lowest BCUT2D eigenvalue weighted by Crippen LogP contribution is -2.16. The van der Waals surface area contributed by atoms with Crippen molar-refractivity contribution in [2.24, 2.45) is 0 Å². The molecule has 8 rings (SSSR count). The van der Waals surface area contributed by atoms with Crippen molar-refractivity contribution in [1.29, 1.82) is 0 Å². The highest BCUT2D eigenvalue weighted by Crippen LogP contribution is 2.36. The van der Waals surface area contributed by atoms with Crippen LogP contribution >= 0.6 is 0 Å². The molecule has 204 valence electrons. The Hall–Kier alpha value is -4.58. The number of pyridine rings is 2. The van der Waals surface area contributed by atoms with Crippen molar-refractivity contribution in [2.45, 2.75) is 55.4 Å². The summed E-state index contributed by atoms with van der Waals surface area (Å²) in [6.07, 6.45) is 0. The molecule has 0 spiro atoms. The largest absolute Gasteiger partial charge is 0.268 e. The fourth-order valence-electron chi connectivity index (χ4n) is 5.29. The van der Waals surface area contributed by atoms with Crippen molar-refractivity contribution in [3.63, 3.8) is 0 Å². The fraction of sp³-hybridized carbons (Fsp3) is 0.235. The van der Waals surface area contributed by atoms with Crippen LogP contribution in [0.4, 0.5) is 0 Å². The van der Waals surface area contributed by atoms with Gasteiger partial charge in [-0.1, -0.05) is 79.7 Å². The predicted octanol–water partition coefficient (Wildman–Crippen LogP) is 8.45. The van der Waals surface area contributed by atoms with Gasteiger partial charge in [0.1, 0.15) is 11.3 Å². The van der Waals surface area contributed by atoms with Crippen molar-refractivity contribution >= 4 is 65.7 Å². The third-order valence-electron chi connectivity index (χ3n) is 6.63. The van der Waals surface area contributed by atoms with Crippen LogP contribution in [0.3, 0.4) is 0 Å². The predicted molar refractivity (Wildman–Crippen MR) is 172 cm³/mol. The van der Waals surface area contributed by atoms with E-state index in [2.05, 4.69) is 0 Å². The Morgan fingerprint density at radius 3 is 1.15 bits per heavy atom. The summed E-state index contributed by atoms with van der Waals surface area (Å²) in [6, 6.07) is 22.8. The molecule has 0 atom stereocenters. The first-order valence-electron chi connectivity index (χ1n) is 14.4. The van der Waals surface area contributed by atoms with E-state index in [-0.39, 0.29) is 11.1 Å². The van der Waals surface area contributed by atoms with Gasteiger partial charge in [0.05, 0.1) is 22.1 Å². The van der Waals surface area contributed by atoms with Gasteiger partial charge in [-0.3, -0.25) is 18.4 Å². The monoisotopic (exact) mass is 532 g/mol. The maximum atomic E-state index is 13.6. The van der Waals surface area contributed by atoms with Crippen LogP contribution in [0.15, 0.2) is 82.4 Å². The molecule has 40 heavy (non-hydrogen) atoms. The van der Waals surface area contributed by atoms with Gasteiger partial charge in [0, 0.05) is 32.3 Å². The van der Waals surface area contributed by atoms with Crippen LogP contribution in [-0.4, -0.2) is 18.8 Å². The van der Waals surface area contributed by atoms with Crippen molar-refractivity contribution in [2.75, 3.05) is 0 Å². The summed E-state index contributed by atoms with van der Waals surface area (Å²) in [6.45, 7) is 16.0. The number of aromatic nitrogens is 4. The maximum absolute atomic E-state index is 13.6. The Morgan fingerprint density at radius 2 is 0.775 bits per heavy atom. The number of fused-ring (bicyclic) bond motifs is 8. The van der Waals surface area contributed by atoms with E-state index in [1.54, 1.807) is 20.9 Å². The second kappa shape index (κ2) is 11.7. The normalized spacial score (nSPS) is 10.7. The third kappa shape index (κ3) is 3.86. The zero-order chi connectivity index (χ0) is 29.1. The van der Waals surface area contributed by atoms with Gasteiger partial charge in [-0.25, -0.2) is 9.97 Å². The Kier molecular flexibility index (Phi) is 8.29. The lowest BCUT2D eigenvalue weighted by molar-refractivity contribution is 1.18. The van der Waals surface area contributed by atoms with E-state index in [9.17, 15) is 9.59 Å². The second-order valence-corrected chi connectivity index (χ2v) is 8.20. The molecule has 0 saturated carbocycles. The zero-order valence-corrected chi connectivity index (χ0v) is 24.5. The van der Waals surface area contributed by atoms with E-state index < -0.39 is 0 Å². The van der Waals surface area contributed by atoms with E-state index in [4.69, 9.17) is 9.97 Å². The maximum Gasteiger partial charge on any atom is 0.264 e. The van der Waals surface area contributed by atoms with Crippen molar-refractivity contribution in [1.82, 2.24) is 18.8 Å². The summed E-state index contributed by atoms with van der Waals surface area (Å²) < 4.78 is 3.35. The van der Waals surface area contributed by atoms with Crippen LogP contribution in [0.1, 0.15) is 55.4 Å². The molecule has 0 aliphatic heterocycles. The number of hydrogen-bond acceptors (Lipinski definition) is 4. The van der Waals surface area contributed by atoms with E-state index in [1.165, 1.54) is 0 Å². The molecule has 0 aliphatic rings. The molecule has 0 bridgehead atoms. The van der Waals surface area contributed by atoms with Gasteiger partial charge in [-0.2, -0.15) is 0 Å². The molecular weight excluding hydrogens is 496 g/mol. The van der Waals surface area contributed by atoms with Crippen LogP contribution in [0.2, 0.25) is 0 Å². The van der Waals surface area contributed by atoms with E-state index >= 15 is 0 Å². The van der Waals surface area contributed by atoms with Gasteiger partial charge in [-0.15, -0.1) is 0 Å². The second-order valence-electron chi connectivity index (χ2n) is 8.20. The van der Waals surface area contributed by atoms with Crippen molar-refractivity contribution < 1.29 is 0 Å². The fourth-order valence-corrected chi connectivity index (χ4v) is 5.29. The van der Waals surface area contributed by atoms with Gasteiger partial charge < -0.3 is 0 Å². The number of imidazole rings is 2. The molecule has 0 fully saturated rings. The van der Waals surface area contributed by atoms with E-state index in [0.717, 1.165) is 43.6 Å². The van der Waals surface area contributed by atoms with E-state index in [1.807, 2.05) is 116 Å². The molecular formula is C34H36N4O2. The molecule has 4 heterocycles. The van der Waals surface area contributed by atoms with Crippen LogP contribution in [0.25, 0.3) is 65.7 Å². The quantitative estimate of drug-likeness (QED) is 0.184. The number of hydrogen-bond donors (Lipinski definition) is 0. The van der Waals surface area contributed by atoms with Gasteiger partial charge in [-0.05, 0) is 48.5 Å². The van der Waals surface area contributed by atoms with Gasteiger partial charge in [0.25, 0.3) is 11.1 Å². The molecule has 4 aromatic heterocycles. The molecule has 0 saturated heterocycles. The number of benzene rings is 4. The number of para-hydroxylation sites is 4. The number of nitrogens with zero attached hydrogens (tertiary/aromatic N) is 4. The van der Waals surface area contributed by atoms with E-state index in [0.29, 0.717) is 22.1 Å². The molecule has 0 N–H and O–H groups in total. The lowest BCUT2D eigenvalue weighted by Gasteiger charge is -2.12. The zero-order valence-electron chi connectivity index (χ0n) is 24.5. The summed E-state index contributed by atoms with van der Waals surface area (Å²) in [5.41, 5.74) is 4.07. The van der Waals surface area contributed by atoms with Crippen LogP contribution in [-0.2, 0) is 0 Å². The SMILES string of the molecule is CC.CC.CC.CC.O=c1c2ccc3c(=O)n4c5ccccc5nc4c4ccc(c2c34)c2nc3ccccc3n12. The van der Waals surface area contributed by atoms with Gasteiger partial charge in [0.2, 0.25) is 0 Å². The molecule has 6 heteroatoms. The summed E-state index contributed by atoms with van der Waals surface area (Å²) in [5, 5.41) is 4.42. The highest BCUT2D eigenvalue weighted by atomic mass is 16.1. The highest BCUT2D eigenvalue weighted by Gasteiger charge is 2.21. The molecule has 6 nitrogen and oxygen atoms in total. The average Bonchev–Trinajstić information content (AvgIpc) is 3.63. The Morgan fingerprint density at radius 1 is 0.450 bits per heavy atom. The van der Waals surface area contributed by atoms with Gasteiger partial charge >= 0.3 is 0 Å². The van der Waals surface area contributed by atoms with Crippen LogP contribution < -0.4 is 11.1 Å². The minimum Gasteiger partial charge on any atom is -0.268 e. The first-order chi connectivity index (χ1) is 19.7. The summed E-state index contributed by atoms with van der Waals surface area (Å²) >= 11 is 0. The average molecular weight is 533 g/mol. The lowest BCUT2D eigenvalue weighted by atomic mass is 9.96. The first-order valence-corrected chi connectivity index (χ1v) is 14.4. The third-order valence-corrected chi connectivity index (χ3v) is 6.63. The minimum absolute atomic E-state index is 0.128. The topological polar surface area (TPSA) is 68.7 Å². The Labute approximate surface area is 233 Å². The first kappa shape index (κ1) is 28.4.